The van der Waals surface area contributed by atoms with Crippen LogP contribution in [0.25, 0.3) is 0 Å². The molecular weight excluding hydrogens is 240 g/mol. The molecule has 5 heteroatoms. The third kappa shape index (κ3) is 3.04. The molecule has 0 radical (unpaired) electrons. The van der Waals surface area contributed by atoms with Crippen LogP contribution in [0, 0.1) is 11.6 Å². The summed E-state index contributed by atoms with van der Waals surface area (Å²) in [6, 6.07) is 3.45. The van der Waals surface area contributed by atoms with E-state index in [2.05, 4.69) is 5.32 Å². The van der Waals surface area contributed by atoms with E-state index >= 15 is 0 Å². The normalized spacial score (nSPS) is 23.5. The Morgan fingerprint density at radius 3 is 2.94 bits per heavy atom. The van der Waals surface area contributed by atoms with E-state index < -0.39 is 11.6 Å². The summed E-state index contributed by atoms with van der Waals surface area (Å²) in [5, 5.41) is 3.09. The smallest absolute Gasteiger partial charge is 0.127 e. The molecule has 1 heterocycles. The quantitative estimate of drug-likeness (QED) is 0.873. The van der Waals surface area contributed by atoms with Crippen molar-refractivity contribution in [1.82, 2.24) is 5.32 Å². The van der Waals surface area contributed by atoms with Crippen molar-refractivity contribution in [3.8, 4) is 0 Å². The van der Waals surface area contributed by atoms with Crippen LogP contribution in [0.5, 0.6) is 0 Å². The summed E-state index contributed by atoms with van der Waals surface area (Å²) in [6.45, 7) is 2.03. The van der Waals surface area contributed by atoms with E-state index in [-0.39, 0.29) is 12.1 Å². The van der Waals surface area contributed by atoms with Crippen LogP contribution in [0.15, 0.2) is 18.2 Å². The number of rotatable bonds is 5. The van der Waals surface area contributed by atoms with Gasteiger partial charge in [-0.15, -0.1) is 0 Å². The van der Waals surface area contributed by atoms with Crippen LogP contribution in [-0.2, 0) is 16.0 Å². The average Bonchev–Trinajstić information content (AvgIpc) is 2.83. The Labute approximate surface area is 105 Å². The molecule has 1 aliphatic rings. The largest absolute Gasteiger partial charge is 0.378 e. The van der Waals surface area contributed by atoms with Gasteiger partial charge in [-0.3, -0.25) is 0 Å². The standard InChI is InChI=1S/C13H17F2NO2/c1-17-13(4-5-18-9-13)8-16-7-10-6-11(14)2-3-12(10)15/h2-3,6,16H,4-5,7-9H2,1H3. The van der Waals surface area contributed by atoms with Crippen LogP contribution in [0.2, 0.25) is 0 Å². The molecule has 0 bridgehead atoms. The molecular formula is C13H17F2NO2. The van der Waals surface area contributed by atoms with Crippen LogP contribution < -0.4 is 5.32 Å². The number of methoxy groups -OCH3 is 1. The molecule has 0 amide bonds. The van der Waals surface area contributed by atoms with Crippen molar-refractivity contribution in [3.05, 3.63) is 35.4 Å². The first-order valence-electron chi connectivity index (χ1n) is 5.93. The second-order valence-electron chi connectivity index (χ2n) is 4.53. The van der Waals surface area contributed by atoms with Crippen molar-refractivity contribution < 1.29 is 18.3 Å². The molecule has 1 aromatic rings. The van der Waals surface area contributed by atoms with Gasteiger partial charge in [0.15, 0.2) is 0 Å². The van der Waals surface area contributed by atoms with Crippen molar-refractivity contribution in [2.45, 2.75) is 18.6 Å². The van der Waals surface area contributed by atoms with Gasteiger partial charge in [0.05, 0.1) is 6.61 Å². The molecule has 1 aliphatic heterocycles. The van der Waals surface area contributed by atoms with E-state index in [1.807, 2.05) is 0 Å². The highest BCUT2D eigenvalue weighted by molar-refractivity contribution is 5.18. The number of hydrogen-bond donors (Lipinski definition) is 1. The number of halogens is 2. The molecule has 1 unspecified atom stereocenters. The van der Waals surface area contributed by atoms with E-state index in [9.17, 15) is 8.78 Å². The molecule has 1 saturated heterocycles. The summed E-state index contributed by atoms with van der Waals surface area (Å²) >= 11 is 0. The van der Waals surface area contributed by atoms with E-state index in [1.54, 1.807) is 7.11 Å². The molecule has 0 saturated carbocycles. The molecule has 0 spiro atoms. The van der Waals surface area contributed by atoms with Gasteiger partial charge in [0.1, 0.15) is 17.2 Å². The number of hydrogen-bond acceptors (Lipinski definition) is 3. The summed E-state index contributed by atoms with van der Waals surface area (Å²) in [5.74, 6) is -0.836. The van der Waals surface area contributed by atoms with E-state index in [1.165, 1.54) is 6.07 Å². The molecule has 1 fully saturated rings. The fourth-order valence-corrected chi connectivity index (χ4v) is 2.06. The highest BCUT2D eigenvalue weighted by atomic mass is 19.1. The molecule has 0 aliphatic carbocycles. The zero-order valence-electron chi connectivity index (χ0n) is 10.3. The Bertz CT molecular complexity index is 406. The van der Waals surface area contributed by atoms with Gasteiger partial charge in [-0.1, -0.05) is 0 Å². The van der Waals surface area contributed by atoms with Gasteiger partial charge in [-0.05, 0) is 18.2 Å². The Morgan fingerprint density at radius 2 is 2.28 bits per heavy atom. The maximum absolute atomic E-state index is 13.4. The third-order valence-corrected chi connectivity index (χ3v) is 3.27. The van der Waals surface area contributed by atoms with Crippen LogP contribution in [-0.4, -0.2) is 32.5 Å². The van der Waals surface area contributed by atoms with Gasteiger partial charge in [-0.25, -0.2) is 8.78 Å². The second-order valence-corrected chi connectivity index (χ2v) is 4.53. The maximum Gasteiger partial charge on any atom is 0.127 e. The van der Waals surface area contributed by atoms with E-state index in [0.29, 0.717) is 25.3 Å². The minimum Gasteiger partial charge on any atom is -0.378 e. The van der Waals surface area contributed by atoms with Crippen LogP contribution >= 0.6 is 0 Å². The first kappa shape index (κ1) is 13.4. The van der Waals surface area contributed by atoms with Gasteiger partial charge in [0, 0.05) is 38.8 Å². The zero-order valence-corrected chi connectivity index (χ0v) is 10.3. The Kier molecular flexibility index (Phi) is 4.27. The highest BCUT2D eigenvalue weighted by Gasteiger charge is 2.34. The third-order valence-electron chi connectivity index (χ3n) is 3.27. The number of ether oxygens (including phenoxy) is 2. The molecule has 3 nitrogen and oxygen atoms in total. The van der Waals surface area contributed by atoms with Crippen molar-refractivity contribution in [1.29, 1.82) is 0 Å². The van der Waals surface area contributed by atoms with Crippen molar-refractivity contribution in [2.75, 3.05) is 26.9 Å². The molecule has 2 rings (SSSR count). The van der Waals surface area contributed by atoms with Gasteiger partial charge in [0.25, 0.3) is 0 Å². The topological polar surface area (TPSA) is 30.5 Å². The van der Waals surface area contributed by atoms with Gasteiger partial charge >= 0.3 is 0 Å². The average molecular weight is 257 g/mol. The summed E-state index contributed by atoms with van der Waals surface area (Å²) < 4.78 is 37.1. The summed E-state index contributed by atoms with van der Waals surface area (Å²) in [6.07, 6.45) is 0.808. The summed E-state index contributed by atoms with van der Waals surface area (Å²) in [7, 11) is 1.64. The SMILES string of the molecule is COC1(CNCc2cc(F)ccc2F)CCOC1. The number of benzene rings is 1. The zero-order chi connectivity index (χ0) is 13.0. The minimum absolute atomic E-state index is 0.273. The van der Waals surface area contributed by atoms with Gasteiger partial charge < -0.3 is 14.8 Å². The van der Waals surface area contributed by atoms with Crippen LogP contribution in [0.4, 0.5) is 8.78 Å². The van der Waals surface area contributed by atoms with Crippen molar-refractivity contribution >= 4 is 0 Å². The van der Waals surface area contributed by atoms with Crippen molar-refractivity contribution in [2.24, 2.45) is 0 Å². The Balaban J connectivity index is 1.89. The predicted octanol–water partition coefficient (Wildman–Crippen LogP) is 1.86. The maximum atomic E-state index is 13.4. The Morgan fingerprint density at radius 1 is 1.44 bits per heavy atom. The van der Waals surface area contributed by atoms with Crippen molar-refractivity contribution in [3.63, 3.8) is 0 Å². The minimum atomic E-state index is -0.432. The summed E-state index contributed by atoms with van der Waals surface area (Å²) in [5.41, 5.74) is -0.0239. The summed E-state index contributed by atoms with van der Waals surface area (Å²) in [4.78, 5) is 0. The lowest BCUT2D eigenvalue weighted by Crippen LogP contribution is -2.42. The lowest BCUT2D eigenvalue weighted by molar-refractivity contribution is -0.0159. The molecule has 18 heavy (non-hydrogen) atoms. The molecule has 1 atom stereocenters. The monoisotopic (exact) mass is 257 g/mol. The predicted molar refractivity (Wildman–Crippen MR) is 63.2 cm³/mol. The van der Waals surface area contributed by atoms with Gasteiger partial charge in [0.2, 0.25) is 0 Å². The van der Waals surface area contributed by atoms with E-state index in [0.717, 1.165) is 18.6 Å². The molecule has 0 aromatic heterocycles. The molecule has 1 N–H and O–H groups in total. The fourth-order valence-electron chi connectivity index (χ4n) is 2.06. The second kappa shape index (κ2) is 5.73. The lowest BCUT2D eigenvalue weighted by Gasteiger charge is -2.26. The lowest BCUT2D eigenvalue weighted by atomic mass is 10.0. The molecule has 100 valence electrons. The first-order chi connectivity index (χ1) is 8.65. The van der Waals surface area contributed by atoms with Crippen LogP contribution in [0.3, 0.4) is 0 Å². The highest BCUT2D eigenvalue weighted by Crippen LogP contribution is 2.21. The molecule has 1 aromatic carbocycles. The fraction of sp³-hybridized carbons (Fsp3) is 0.538. The van der Waals surface area contributed by atoms with Gasteiger partial charge in [-0.2, -0.15) is 0 Å². The Hall–Kier alpha value is -1.04. The first-order valence-corrected chi connectivity index (χ1v) is 5.93. The number of nitrogens with one attached hydrogen (secondary N) is 1. The van der Waals surface area contributed by atoms with Crippen LogP contribution in [0.1, 0.15) is 12.0 Å². The van der Waals surface area contributed by atoms with E-state index in [4.69, 9.17) is 9.47 Å².